The lowest BCUT2D eigenvalue weighted by molar-refractivity contribution is 0.0955. The molecule has 0 heterocycles. The number of aryl methyl sites for hydroxylation is 1. The van der Waals surface area contributed by atoms with Crippen LogP contribution in [-0.4, -0.2) is 23.8 Å². The SMILES string of the molecule is Cc1cc(C(=O)N/N=C/c2ccc(CNCC(C)C)c3ccccc23)ccc1O. The van der Waals surface area contributed by atoms with E-state index in [9.17, 15) is 9.90 Å². The van der Waals surface area contributed by atoms with Crippen molar-refractivity contribution in [1.29, 1.82) is 0 Å². The number of nitrogens with one attached hydrogen (secondary N) is 2. The van der Waals surface area contributed by atoms with Crippen molar-refractivity contribution < 1.29 is 9.90 Å². The van der Waals surface area contributed by atoms with Gasteiger partial charge in [0.15, 0.2) is 0 Å². The number of benzene rings is 3. The van der Waals surface area contributed by atoms with Crippen LogP contribution in [0.2, 0.25) is 0 Å². The van der Waals surface area contributed by atoms with Gasteiger partial charge >= 0.3 is 0 Å². The maximum Gasteiger partial charge on any atom is 0.271 e. The summed E-state index contributed by atoms with van der Waals surface area (Å²) in [7, 11) is 0. The Morgan fingerprint density at radius 1 is 1.10 bits per heavy atom. The summed E-state index contributed by atoms with van der Waals surface area (Å²) in [5.74, 6) is 0.455. The van der Waals surface area contributed by atoms with Gasteiger partial charge in [0.1, 0.15) is 5.75 Å². The molecule has 0 aromatic heterocycles. The summed E-state index contributed by atoms with van der Waals surface area (Å²) < 4.78 is 0. The zero-order valence-corrected chi connectivity index (χ0v) is 17.1. The third-order valence-corrected chi connectivity index (χ3v) is 4.74. The van der Waals surface area contributed by atoms with Crippen LogP contribution in [0.15, 0.2) is 59.7 Å². The molecule has 3 rings (SSSR count). The van der Waals surface area contributed by atoms with E-state index in [1.54, 1.807) is 25.3 Å². The molecule has 3 N–H and O–H groups in total. The minimum atomic E-state index is -0.317. The highest BCUT2D eigenvalue weighted by Gasteiger charge is 2.07. The van der Waals surface area contributed by atoms with E-state index in [0.717, 1.165) is 24.0 Å². The fourth-order valence-corrected chi connectivity index (χ4v) is 3.17. The van der Waals surface area contributed by atoms with E-state index < -0.39 is 0 Å². The first-order chi connectivity index (χ1) is 14.0. The molecular formula is C24H27N3O2. The molecule has 0 unspecified atom stereocenters. The third-order valence-electron chi connectivity index (χ3n) is 4.74. The Hall–Kier alpha value is -3.18. The number of phenols is 1. The van der Waals surface area contributed by atoms with E-state index in [1.807, 2.05) is 18.2 Å². The predicted octanol–water partition coefficient (Wildman–Crippen LogP) is 4.36. The number of rotatable bonds is 7. The molecule has 0 spiro atoms. The van der Waals surface area contributed by atoms with E-state index in [2.05, 4.69) is 47.9 Å². The lowest BCUT2D eigenvalue weighted by Crippen LogP contribution is -2.19. The Bertz CT molecular complexity index is 1040. The molecule has 5 heteroatoms. The molecule has 150 valence electrons. The number of hydrogen-bond acceptors (Lipinski definition) is 4. The molecule has 0 aliphatic heterocycles. The van der Waals surface area contributed by atoms with Crippen molar-refractivity contribution in [1.82, 2.24) is 10.7 Å². The van der Waals surface area contributed by atoms with Gasteiger partial charge in [-0.2, -0.15) is 5.10 Å². The number of fused-ring (bicyclic) bond motifs is 1. The van der Waals surface area contributed by atoms with E-state index in [0.29, 0.717) is 17.0 Å². The molecule has 0 bridgehead atoms. The molecule has 3 aromatic rings. The van der Waals surface area contributed by atoms with Crippen molar-refractivity contribution in [2.24, 2.45) is 11.0 Å². The van der Waals surface area contributed by atoms with Gasteiger partial charge < -0.3 is 10.4 Å². The van der Waals surface area contributed by atoms with Crippen LogP contribution in [0, 0.1) is 12.8 Å². The topological polar surface area (TPSA) is 73.7 Å². The number of hydrogen-bond donors (Lipinski definition) is 3. The fourth-order valence-electron chi connectivity index (χ4n) is 3.17. The highest BCUT2D eigenvalue weighted by atomic mass is 16.3. The Labute approximate surface area is 171 Å². The van der Waals surface area contributed by atoms with Gasteiger partial charge in [-0.05, 0) is 59.5 Å². The van der Waals surface area contributed by atoms with Crippen LogP contribution < -0.4 is 10.7 Å². The lowest BCUT2D eigenvalue weighted by Gasteiger charge is -2.11. The molecule has 5 nitrogen and oxygen atoms in total. The molecule has 0 saturated heterocycles. The van der Waals surface area contributed by atoms with Gasteiger partial charge in [-0.25, -0.2) is 5.43 Å². The van der Waals surface area contributed by atoms with Crippen molar-refractivity contribution in [3.8, 4) is 5.75 Å². The third kappa shape index (κ3) is 5.21. The highest BCUT2D eigenvalue weighted by Crippen LogP contribution is 2.22. The number of aromatic hydroxyl groups is 1. The van der Waals surface area contributed by atoms with Crippen LogP contribution >= 0.6 is 0 Å². The Balaban J connectivity index is 1.76. The van der Waals surface area contributed by atoms with Crippen molar-refractivity contribution >= 4 is 22.9 Å². The summed E-state index contributed by atoms with van der Waals surface area (Å²) >= 11 is 0. The van der Waals surface area contributed by atoms with Crippen LogP contribution in [0.3, 0.4) is 0 Å². The van der Waals surface area contributed by atoms with Gasteiger partial charge in [0.25, 0.3) is 5.91 Å². The highest BCUT2D eigenvalue weighted by molar-refractivity contribution is 6.02. The minimum absolute atomic E-state index is 0.166. The standard InChI is InChI=1S/C24H27N3O2/c1-16(2)13-25-14-19-8-9-20(22-7-5-4-6-21(19)22)15-26-27-24(29)18-10-11-23(28)17(3)12-18/h4-12,15-16,25,28H,13-14H2,1-3H3,(H,27,29)/b26-15+. The van der Waals surface area contributed by atoms with Crippen molar-refractivity contribution in [2.45, 2.75) is 27.3 Å². The maximum atomic E-state index is 12.3. The second-order valence-electron chi connectivity index (χ2n) is 7.58. The summed E-state index contributed by atoms with van der Waals surface area (Å²) in [6.45, 7) is 7.92. The lowest BCUT2D eigenvalue weighted by atomic mass is 10.00. The van der Waals surface area contributed by atoms with Crippen LogP contribution in [0.5, 0.6) is 5.75 Å². The van der Waals surface area contributed by atoms with Crippen LogP contribution in [0.1, 0.15) is 40.9 Å². The first-order valence-corrected chi connectivity index (χ1v) is 9.80. The van der Waals surface area contributed by atoms with Gasteiger partial charge in [-0.15, -0.1) is 0 Å². The summed E-state index contributed by atoms with van der Waals surface area (Å²) in [4.78, 5) is 12.3. The quantitative estimate of drug-likeness (QED) is 0.415. The number of carbonyl (C=O) groups excluding carboxylic acids is 1. The number of phenolic OH excluding ortho intramolecular Hbond substituents is 1. The van der Waals surface area contributed by atoms with E-state index in [-0.39, 0.29) is 11.7 Å². The average Bonchev–Trinajstić information content (AvgIpc) is 2.71. The normalized spacial score (nSPS) is 11.4. The second-order valence-corrected chi connectivity index (χ2v) is 7.58. The molecular weight excluding hydrogens is 362 g/mol. The van der Waals surface area contributed by atoms with Crippen molar-refractivity contribution in [2.75, 3.05) is 6.54 Å². The van der Waals surface area contributed by atoms with E-state index in [1.165, 1.54) is 17.0 Å². The van der Waals surface area contributed by atoms with Gasteiger partial charge in [0.05, 0.1) is 6.21 Å². The average molecular weight is 389 g/mol. The molecule has 0 atom stereocenters. The van der Waals surface area contributed by atoms with Crippen molar-refractivity contribution in [3.05, 3.63) is 76.9 Å². The number of amides is 1. The largest absolute Gasteiger partial charge is 0.508 e. The van der Waals surface area contributed by atoms with Crippen LogP contribution in [0.4, 0.5) is 0 Å². The van der Waals surface area contributed by atoms with Crippen LogP contribution in [-0.2, 0) is 6.54 Å². The molecule has 29 heavy (non-hydrogen) atoms. The van der Waals surface area contributed by atoms with Gasteiger partial charge in [0.2, 0.25) is 0 Å². The molecule has 0 aliphatic rings. The molecule has 3 aromatic carbocycles. The van der Waals surface area contributed by atoms with Gasteiger partial charge in [-0.3, -0.25) is 4.79 Å². The number of nitrogens with zero attached hydrogens (tertiary/aromatic N) is 1. The summed E-state index contributed by atoms with van der Waals surface area (Å²) in [6, 6.07) is 17.0. The summed E-state index contributed by atoms with van der Waals surface area (Å²) in [5.41, 5.74) is 5.84. The first-order valence-electron chi connectivity index (χ1n) is 9.80. The molecule has 0 fully saturated rings. The summed E-state index contributed by atoms with van der Waals surface area (Å²) in [5, 5.41) is 19.5. The summed E-state index contributed by atoms with van der Waals surface area (Å²) in [6.07, 6.45) is 1.67. The monoisotopic (exact) mass is 389 g/mol. The molecule has 0 saturated carbocycles. The van der Waals surface area contributed by atoms with E-state index >= 15 is 0 Å². The Kier molecular flexibility index (Phi) is 6.62. The number of hydrazone groups is 1. The maximum absolute atomic E-state index is 12.3. The predicted molar refractivity (Wildman–Crippen MR) is 118 cm³/mol. The molecule has 1 amide bonds. The first kappa shape index (κ1) is 20.6. The smallest absolute Gasteiger partial charge is 0.271 e. The van der Waals surface area contributed by atoms with Crippen LogP contribution in [0.25, 0.3) is 10.8 Å². The Morgan fingerprint density at radius 3 is 2.59 bits per heavy atom. The molecule has 0 radical (unpaired) electrons. The number of carbonyl (C=O) groups is 1. The van der Waals surface area contributed by atoms with Gasteiger partial charge in [-0.1, -0.05) is 50.2 Å². The Morgan fingerprint density at radius 2 is 1.86 bits per heavy atom. The molecule has 0 aliphatic carbocycles. The van der Waals surface area contributed by atoms with Crippen molar-refractivity contribution in [3.63, 3.8) is 0 Å². The minimum Gasteiger partial charge on any atom is -0.508 e. The van der Waals surface area contributed by atoms with Gasteiger partial charge in [0, 0.05) is 17.7 Å². The zero-order chi connectivity index (χ0) is 20.8. The van der Waals surface area contributed by atoms with E-state index in [4.69, 9.17) is 0 Å². The zero-order valence-electron chi connectivity index (χ0n) is 17.1. The second kappa shape index (κ2) is 9.34. The fraction of sp³-hybridized carbons (Fsp3) is 0.250.